The largest absolute Gasteiger partial charge is 0.309 e. The molecule has 1 atom stereocenters. The molecular formula is C19H18FN5OS2. The van der Waals surface area contributed by atoms with Gasteiger partial charge in [-0.1, -0.05) is 23.9 Å². The molecule has 3 aromatic heterocycles. The predicted molar refractivity (Wildman–Crippen MR) is 110 cm³/mol. The lowest BCUT2D eigenvalue weighted by molar-refractivity contribution is 0.628. The maximum atomic E-state index is 14.1. The molecule has 0 aliphatic heterocycles. The number of halogens is 1. The molecule has 1 aromatic carbocycles. The van der Waals surface area contributed by atoms with Gasteiger partial charge in [-0.25, -0.2) is 9.37 Å². The molecule has 4 aromatic rings. The number of nitrogens with zero attached hydrogens (tertiary/aromatic N) is 4. The van der Waals surface area contributed by atoms with Gasteiger partial charge in [-0.15, -0.1) is 21.5 Å². The number of hydrogen-bond acceptors (Lipinski definition) is 6. The highest BCUT2D eigenvalue weighted by Crippen LogP contribution is 2.35. The van der Waals surface area contributed by atoms with Crippen molar-refractivity contribution < 1.29 is 4.39 Å². The molecule has 0 aliphatic rings. The second kappa shape index (κ2) is 7.14. The van der Waals surface area contributed by atoms with Gasteiger partial charge in [0.05, 0.1) is 16.2 Å². The van der Waals surface area contributed by atoms with Gasteiger partial charge in [0.2, 0.25) is 0 Å². The van der Waals surface area contributed by atoms with Crippen LogP contribution in [0.4, 0.5) is 4.39 Å². The van der Waals surface area contributed by atoms with Gasteiger partial charge in [-0.3, -0.25) is 4.79 Å². The minimum Gasteiger partial charge on any atom is -0.309 e. The maximum absolute atomic E-state index is 14.1. The number of aromatic nitrogens is 5. The third-order valence-corrected chi connectivity index (χ3v) is 6.92. The summed E-state index contributed by atoms with van der Waals surface area (Å²) >= 11 is 2.93. The Labute approximate surface area is 168 Å². The van der Waals surface area contributed by atoms with Gasteiger partial charge in [0.15, 0.2) is 11.0 Å². The zero-order valence-corrected chi connectivity index (χ0v) is 17.4. The summed E-state index contributed by atoms with van der Waals surface area (Å²) in [5.74, 6) is 0.691. The van der Waals surface area contributed by atoms with E-state index in [9.17, 15) is 9.18 Å². The number of fused-ring (bicyclic) bond motifs is 1. The monoisotopic (exact) mass is 415 g/mol. The van der Waals surface area contributed by atoms with Crippen molar-refractivity contribution in [3.05, 3.63) is 56.7 Å². The average molecular weight is 416 g/mol. The van der Waals surface area contributed by atoms with E-state index in [-0.39, 0.29) is 16.6 Å². The number of hydrogen-bond donors (Lipinski definition) is 1. The Bertz CT molecular complexity index is 1240. The smallest absolute Gasteiger partial charge is 0.259 e. The highest BCUT2D eigenvalue weighted by Gasteiger charge is 2.20. The maximum Gasteiger partial charge on any atom is 0.259 e. The number of H-pyrrole nitrogens is 1. The SMILES string of the molecule is Cc1sc2nc([C@@H](C)Sc3nnc(-c4ccccc4F)n3C)[nH]c(=O)c2c1C. The lowest BCUT2D eigenvalue weighted by Crippen LogP contribution is -2.12. The first-order valence-corrected chi connectivity index (χ1v) is 10.4. The molecule has 0 amide bonds. The van der Waals surface area contributed by atoms with Crippen LogP contribution in [0.25, 0.3) is 21.6 Å². The van der Waals surface area contributed by atoms with E-state index < -0.39 is 0 Å². The van der Waals surface area contributed by atoms with Crippen LogP contribution in [0.1, 0.15) is 28.4 Å². The van der Waals surface area contributed by atoms with E-state index in [1.807, 2.05) is 20.8 Å². The second-order valence-corrected chi connectivity index (χ2v) is 9.03. The van der Waals surface area contributed by atoms with Crippen molar-refractivity contribution >= 4 is 33.3 Å². The van der Waals surface area contributed by atoms with Crippen molar-refractivity contribution in [1.29, 1.82) is 0 Å². The number of thioether (sulfide) groups is 1. The highest BCUT2D eigenvalue weighted by atomic mass is 32.2. The summed E-state index contributed by atoms with van der Waals surface area (Å²) in [7, 11) is 1.79. The Balaban J connectivity index is 1.66. The lowest BCUT2D eigenvalue weighted by atomic mass is 10.2. The van der Waals surface area contributed by atoms with Crippen LogP contribution in [0.15, 0.2) is 34.2 Å². The van der Waals surface area contributed by atoms with Crippen LogP contribution in [-0.4, -0.2) is 24.7 Å². The Hall–Kier alpha value is -2.52. The van der Waals surface area contributed by atoms with Crippen molar-refractivity contribution in [2.75, 3.05) is 0 Å². The first-order valence-electron chi connectivity index (χ1n) is 8.67. The molecule has 0 fully saturated rings. The standard InChI is InChI=1S/C19H18FN5OS2/c1-9-10(2)27-18-14(9)17(26)21-15(22-18)11(3)28-19-24-23-16(25(19)4)12-7-5-6-8-13(12)20/h5-8,11H,1-4H3,(H,21,22,26)/t11-/m1/s1. The molecule has 0 unspecified atom stereocenters. The van der Waals surface area contributed by atoms with E-state index in [4.69, 9.17) is 0 Å². The van der Waals surface area contributed by atoms with Crippen molar-refractivity contribution in [2.24, 2.45) is 7.05 Å². The quantitative estimate of drug-likeness (QED) is 0.500. The van der Waals surface area contributed by atoms with Gasteiger partial charge < -0.3 is 9.55 Å². The van der Waals surface area contributed by atoms with Crippen LogP contribution in [0.5, 0.6) is 0 Å². The lowest BCUT2D eigenvalue weighted by Gasteiger charge is -2.10. The number of rotatable bonds is 4. The molecule has 3 heterocycles. The summed E-state index contributed by atoms with van der Waals surface area (Å²) in [6.45, 7) is 5.87. The van der Waals surface area contributed by atoms with Crippen LogP contribution in [0.3, 0.4) is 0 Å². The van der Waals surface area contributed by atoms with E-state index >= 15 is 0 Å². The van der Waals surface area contributed by atoms with E-state index in [1.54, 1.807) is 29.8 Å². The minimum absolute atomic E-state index is 0.126. The Morgan fingerprint density at radius 1 is 1.25 bits per heavy atom. The van der Waals surface area contributed by atoms with Gasteiger partial charge in [-0.2, -0.15) is 0 Å². The molecule has 0 aliphatic carbocycles. The van der Waals surface area contributed by atoms with Gasteiger partial charge in [0.1, 0.15) is 16.5 Å². The second-order valence-electron chi connectivity index (χ2n) is 6.52. The molecule has 28 heavy (non-hydrogen) atoms. The zero-order chi connectivity index (χ0) is 20.0. The molecular weight excluding hydrogens is 397 g/mol. The molecule has 6 nitrogen and oxygen atoms in total. The zero-order valence-electron chi connectivity index (χ0n) is 15.8. The third-order valence-electron chi connectivity index (χ3n) is 4.67. The van der Waals surface area contributed by atoms with E-state index in [1.165, 1.54) is 29.2 Å². The molecule has 0 bridgehead atoms. The predicted octanol–water partition coefficient (Wildman–Crippen LogP) is 4.39. The number of thiophene rings is 1. The first kappa shape index (κ1) is 18.8. The molecule has 0 spiro atoms. The van der Waals surface area contributed by atoms with Crippen LogP contribution < -0.4 is 5.56 Å². The summed E-state index contributed by atoms with van der Waals surface area (Å²) in [6, 6.07) is 6.47. The van der Waals surface area contributed by atoms with E-state index in [2.05, 4.69) is 20.2 Å². The summed E-state index contributed by atoms with van der Waals surface area (Å²) < 4.78 is 15.8. The number of aryl methyl sites for hydroxylation is 2. The summed E-state index contributed by atoms with van der Waals surface area (Å²) in [6.07, 6.45) is 0. The normalized spacial score (nSPS) is 12.6. The summed E-state index contributed by atoms with van der Waals surface area (Å²) in [5.41, 5.74) is 1.25. The fourth-order valence-electron chi connectivity index (χ4n) is 2.97. The number of aromatic amines is 1. The van der Waals surface area contributed by atoms with Gasteiger partial charge in [-0.05, 0) is 38.5 Å². The van der Waals surface area contributed by atoms with Gasteiger partial charge >= 0.3 is 0 Å². The fourth-order valence-corrected chi connectivity index (χ4v) is 4.88. The van der Waals surface area contributed by atoms with E-state index in [0.717, 1.165) is 15.3 Å². The highest BCUT2D eigenvalue weighted by molar-refractivity contribution is 7.99. The summed E-state index contributed by atoms with van der Waals surface area (Å²) in [5, 5.41) is 9.45. The molecule has 1 N–H and O–H groups in total. The van der Waals surface area contributed by atoms with Crippen LogP contribution in [0, 0.1) is 19.7 Å². The van der Waals surface area contributed by atoms with Gasteiger partial charge in [0, 0.05) is 11.9 Å². The topological polar surface area (TPSA) is 76.5 Å². The van der Waals surface area contributed by atoms with E-state index in [0.29, 0.717) is 27.8 Å². The molecule has 9 heteroatoms. The van der Waals surface area contributed by atoms with Crippen LogP contribution >= 0.6 is 23.1 Å². The van der Waals surface area contributed by atoms with Crippen molar-refractivity contribution in [2.45, 2.75) is 31.2 Å². The first-order chi connectivity index (χ1) is 13.4. The number of benzene rings is 1. The Morgan fingerprint density at radius 3 is 2.75 bits per heavy atom. The van der Waals surface area contributed by atoms with Crippen LogP contribution in [-0.2, 0) is 7.05 Å². The molecule has 0 saturated heterocycles. The number of nitrogens with one attached hydrogen (secondary N) is 1. The molecule has 144 valence electrons. The fraction of sp³-hybridized carbons (Fsp3) is 0.263. The average Bonchev–Trinajstić information content (AvgIpc) is 3.15. The van der Waals surface area contributed by atoms with Crippen molar-refractivity contribution in [1.82, 2.24) is 24.7 Å². The van der Waals surface area contributed by atoms with Gasteiger partial charge in [0.25, 0.3) is 5.56 Å². The van der Waals surface area contributed by atoms with Crippen molar-refractivity contribution in [3.63, 3.8) is 0 Å². The summed E-state index contributed by atoms with van der Waals surface area (Å²) in [4.78, 5) is 21.9. The van der Waals surface area contributed by atoms with Crippen LogP contribution in [0.2, 0.25) is 0 Å². The molecule has 0 saturated carbocycles. The Morgan fingerprint density at radius 2 is 2.00 bits per heavy atom. The third kappa shape index (κ3) is 3.14. The molecule has 0 radical (unpaired) electrons. The molecule has 4 rings (SSSR count). The minimum atomic E-state index is -0.345. The van der Waals surface area contributed by atoms with Crippen molar-refractivity contribution in [3.8, 4) is 11.4 Å². The Kier molecular flexibility index (Phi) is 4.80.